The molecule has 1 atom stereocenters. The van der Waals surface area contributed by atoms with Crippen molar-refractivity contribution in [3.05, 3.63) is 76.1 Å². The molecule has 2 amide bonds. The molecular weight excluding hydrogens is 432 g/mol. The van der Waals surface area contributed by atoms with Gasteiger partial charge in [0.15, 0.2) is 0 Å². The Hall–Kier alpha value is -3.72. The van der Waals surface area contributed by atoms with Gasteiger partial charge in [-0.2, -0.15) is 0 Å². The van der Waals surface area contributed by atoms with Crippen LogP contribution in [0.25, 0.3) is 11.0 Å². The van der Waals surface area contributed by atoms with Gasteiger partial charge in [-0.05, 0) is 43.3 Å². The summed E-state index contributed by atoms with van der Waals surface area (Å²) in [6.45, 7) is 1.99. The maximum absolute atomic E-state index is 12.4. The smallest absolute Gasteiger partial charge is 0.346 e. The molecule has 0 saturated heterocycles. The summed E-state index contributed by atoms with van der Waals surface area (Å²) in [4.78, 5) is 52.7. The molecular formula is C23H18N2O6S. The van der Waals surface area contributed by atoms with Crippen molar-refractivity contribution >= 4 is 51.2 Å². The predicted molar refractivity (Wildman–Crippen MR) is 121 cm³/mol. The van der Waals surface area contributed by atoms with Crippen LogP contribution in [0.3, 0.4) is 0 Å². The van der Waals surface area contributed by atoms with Gasteiger partial charge in [-0.3, -0.25) is 9.59 Å². The van der Waals surface area contributed by atoms with E-state index in [4.69, 9.17) is 9.15 Å². The summed E-state index contributed by atoms with van der Waals surface area (Å²) in [6.07, 6.45) is -0.116. The van der Waals surface area contributed by atoms with Crippen LogP contribution in [0.5, 0.6) is 0 Å². The second-order valence-corrected chi connectivity index (χ2v) is 8.09. The third-order valence-corrected chi connectivity index (χ3v) is 5.85. The highest BCUT2D eigenvalue weighted by atomic mass is 32.2. The van der Waals surface area contributed by atoms with Crippen LogP contribution in [0.2, 0.25) is 0 Å². The lowest BCUT2D eigenvalue weighted by Crippen LogP contribution is -2.21. The van der Waals surface area contributed by atoms with Gasteiger partial charge in [0.1, 0.15) is 15.9 Å². The average molecular weight is 450 g/mol. The molecule has 4 rings (SSSR count). The summed E-state index contributed by atoms with van der Waals surface area (Å²) in [5.41, 5.74) is 0.906. The Morgan fingerprint density at radius 2 is 1.88 bits per heavy atom. The Kier molecular flexibility index (Phi) is 6.18. The number of para-hydroxylation sites is 1. The summed E-state index contributed by atoms with van der Waals surface area (Å²) in [6, 6.07) is 14.9. The van der Waals surface area contributed by atoms with Crippen LogP contribution in [0.1, 0.15) is 29.3 Å². The first kappa shape index (κ1) is 21.5. The number of fused-ring (bicyclic) bond motifs is 1. The number of anilines is 1. The molecule has 1 aliphatic heterocycles. The number of amides is 2. The van der Waals surface area contributed by atoms with E-state index in [-0.39, 0.29) is 29.5 Å². The number of hydrogen-bond acceptors (Lipinski definition) is 7. The maximum Gasteiger partial charge on any atom is 0.346 e. The molecule has 2 heterocycles. The van der Waals surface area contributed by atoms with Gasteiger partial charge >= 0.3 is 11.6 Å². The van der Waals surface area contributed by atoms with Gasteiger partial charge in [-0.25, -0.2) is 14.6 Å². The van der Waals surface area contributed by atoms with Crippen molar-refractivity contribution in [3.8, 4) is 0 Å². The van der Waals surface area contributed by atoms with Crippen LogP contribution in [-0.2, 0) is 14.3 Å². The van der Waals surface area contributed by atoms with Gasteiger partial charge in [0.05, 0.1) is 17.7 Å². The van der Waals surface area contributed by atoms with Gasteiger partial charge in [-0.15, -0.1) is 0 Å². The van der Waals surface area contributed by atoms with Crippen molar-refractivity contribution in [3.63, 3.8) is 0 Å². The molecule has 1 aliphatic rings. The summed E-state index contributed by atoms with van der Waals surface area (Å²) >= 11 is 1.06. The quantitative estimate of drug-likeness (QED) is 0.452. The lowest BCUT2D eigenvalue weighted by atomic mass is 10.2. The highest BCUT2D eigenvalue weighted by Crippen LogP contribution is 2.29. The summed E-state index contributed by atoms with van der Waals surface area (Å²) in [5.74, 6) is -1.31. The molecule has 32 heavy (non-hydrogen) atoms. The van der Waals surface area contributed by atoms with Crippen molar-refractivity contribution in [1.82, 2.24) is 0 Å². The largest absolute Gasteiger partial charge is 0.462 e. The number of benzene rings is 2. The minimum absolute atomic E-state index is 0.116. The Balaban J connectivity index is 1.41. The number of carbonyl (C=O) groups excluding carboxylic acids is 3. The molecule has 8 nitrogen and oxygen atoms in total. The molecule has 1 N–H and O–H groups in total. The molecule has 3 aromatic rings. The lowest BCUT2D eigenvalue weighted by Gasteiger charge is -2.09. The van der Waals surface area contributed by atoms with Crippen LogP contribution in [0.15, 0.2) is 68.8 Å². The molecule has 0 fully saturated rings. The first-order valence-corrected chi connectivity index (χ1v) is 10.7. The van der Waals surface area contributed by atoms with Crippen molar-refractivity contribution in [2.45, 2.75) is 18.6 Å². The Bertz CT molecular complexity index is 1300. The fourth-order valence-electron chi connectivity index (χ4n) is 3.13. The number of esters is 1. The predicted octanol–water partition coefficient (Wildman–Crippen LogP) is 3.39. The van der Waals surface area contributed by atoms with Crippen LogP contribution in [0, 0.1) is 0 Å². The molecule has 0 bridgehead atoms. The van der Waals surface area contributed by atoms with Gasteiger partial charge in [-0.1, -0.05) is 30.0 Å². The number of thioether (sulfide) groups is 1. The standard InChI is InChI=1S/C23H18N2O6S/c1-2-30-22(28)13-7-9-15(10-8-13)24-19(26)12-18-20(27)25-21(32-18)16-11-14-5-3-4-6-17(14)31-23(16)29/h3-11,18H,2,12H2,1H3,(H,24,26)/t18-/m1/s1. The summed E-state index contributed by atoms with van der Waals surface area (Å²) in [5, 5.41) is 2.90. The Labute approximate surface area is 186 Å². The third-order valence-electron chi connectivity index (χ3n) is 4.66. The monoisotopic (exact) mass is 450 g/mol. The zero-order valence-electron chi connectivity index (χ0n) is 17.0. The van der Waals surface area contributed by atoms with Crippen molar-refractivity contribution in [2.75, 3.05) is 11.9 Å². The van der Waals surface area contributed by atoms with E-state index in [1.165, 1.54) is 0 Å². The minimum Gasteiger partial charge on any atom is -0.462 e. The number of rotatable bonds is 6. The van der Waals surface area contributed by atoms with Crippen LogP contribution in [-0.4, -0.2) is 34.7 Å². The van der Waals surface area contributed by atoms with E-state index in [2.05, 4.69) is 10.3 Å². The normalized spacial score (nSPS) is 15.5. The Morgan fingerprint density at radius 1 is 1.12 bits per heavy atom. The topological polar surface area (TPSA) is 115 Å². The number of hydrogen-bond donors (Lipinski definition) is 1. The minimum atomic E-state index is -0.741. The molecule has 1 aromatic heterocycles. The van der Waals surface area contributed by atoms with Gasteiger partial charge in [0.25, 0.3) is 5.91 Å². The lowest BCUT2D eigenvalue weighted by molar-refractivity contribution is -0.121. The average Bonchev–Trinajstić information content (AvgIpc) is 3.13. The number of aliphatic imine (C=N–C) groups is 1. The number of nitrogens with one attached hydrogen (secondary N) is 1. The van der Waals surface area contributed by atoms with E-state index in [1.54, 1.807) is 55.5 Å². The number of carbonyl (C=O) groups is 3. The zero-order valence-corrected chi connectivity index (χ0v) is 17.8. The second kappa shape index (κ2) is 9.19. The SMILES string of the molecule is CCOC(=O)c1ccc(NC(=O)C[C@H]2SC(c3cc4ccccc4oc3=O)=NC2=O)cc1. The van der Waals surface area contributed by atoms with Gasteiger partial charge < -0.3 is 14.5 Å². The fraction of sp³-hybridized carbons (Fsp3) is 0.174. The van der Waals surface area contributed by atoms with Crippen molar-refractivity contribution in [2.24, 2.45) is 4.99 Å². The third kappa shape index (κ3) is 4.62. The molecule has 0 aliphatic carbocycles. The number of nitrogens with zero attached hydrogens (tertiary/aromatic N) is 1. The fourth-order valence-corrected chi connectivity index (χ4v) is 4.20. The molecule has 162 valence electrons. The van der Waals surface area contributed by atoms with E-state index in [9.17, 15) is 19.2 Å². The molecule has 0 spiro atoms. The highest BCUT2D eigenvalue weighted by Gasteiger charge is 2.32. The first-order chi connectivity index (χ1) is 15.4. The maximum atomic E-state index is 12.4. The van der Waals surface area contributed by atoms with E-state index in [1.807, 2.05) is 6.07 Å². The van der Waals surface area contributed by atoms with E-state index in [0.29, 0.717) is 22.2 Å². The Morgan fingerprint density at radius 3 is 2.62 bits per heavy atom. The van der Waals surface area contributed by atoms with Gasteiger partial charge in [0, 0.05) is 17.5 Å². The molecule has 9 heteroatoms. The van der Waals surface area contributed by atoms with Crippen LogP contribution < -0.4 is 10.9 Å². The highest BCUT2D eigenvalue weighted by molar-refractivity contribution is 8.16. The summed E-state index contributed by atoms with van der Waals surface area (Å²) < 4.78 is 10.2. The second-order valence-electron chi connectivity index (χ2n) is 6.90. The van der Waals surface area contributed by atoms with E-state index < -0.39 is 22.8 Å². The molecule has 0 radical (unpaired) electrons. The molecule has 0 saturated carbocycles. The van der Waals surface area contributed by atoms with E-state index >= 15 is 0 Å². The molecule has 0 unspecified atom stereocenters. The van der Waals surface area contributed by atoms with E-state index in [0.717, 1.165) is 11.8 Å². The first-order valence-electron chi connectivity index (χ1n) is 9.84. The zero-order chi connectivity index (χ0) is 22.7. The number of ether oxygens (including phenoxy) is 1. The van der Waals surface area contributed by atoms with Crippen molar-refractivity contribution in [1.29, 1.82) is 0 Å². The van der Waals surface area contributed by atoms with Crippen LogP contribution >= 0.6 is 11.8 Å². The van der Waals surface area contributed by atoms with Gasteiger partial charge in [0.2, 0.25) is 5.91 Å². The van der Waals surface area contributed by atoms with Crippen molar-refractivity contribution < 1.29 is 23.5 Å². The molecule has 2 aromatic carbocycles. The van der Waals surface area contributed by atoms with Crippen LogP contribution in [0.4, 0.5) is 5.69 Å². The summed E-state index contributed by atoms with van der Waals surface area (Å²) in [7, 11) is 0.